The number of hydrogen-bond acceptors (Lipinski definition) is 5. The number of methoxy groups -OCH3 is 1. The summed E-state index contributed by atoms with van der Waals surface area (Å²) < 4.78 is 5.03. The van der Waals surface area contributed by atoms with E-state index in [0.29, 0.717) is 6.54 Å². The van der Waals surface area contributed by atoms with Gasteiger partial charge in [-0.15, -0.1) is 0 Å². The van der Waals surface area contributed by atoms with Crippen molar-refractivity contribution < 1.29 is 19.4 Å². The van der Waals surface area contributed by atoms with E-state index in [0.717, 1.165) is 11.1 Å². The molecule has 0 saturated heterocycles. The molecule has 2 rings (SSSR count). The largest absolute Gasteiger partial charge is 0.504 e. The van der Waals surface area contributed by atoms with Crippen molar-refractivity contribution in [2.24, 2.45) is 0 Å². The molecule has 25 heavy (non-hydrogen) atoms. The molecule has 7 heteroatoms. The molecule has 0 bridgehead atoms. The number of pyridine rings is 1. The third-order valence-electron chi connectivity index (χ3n) is 3.56. The lowest BCUT2D eigenvalue weighted by Crippen LogP contribution is -2.30. The number of rotatable bonds is 7. The van der Waals surface area contributed by atoms with Gasteiger partial charge in [-0.25, -0.2) is 0 Å². The normalized spacial score (nSPS) is 10.2. The Balaban J connectivity index is 1.82. The molecule has 0 saturated carbocycles. The highest BCUT2D eigenvalue weighted by molar-refractivity contribution is 5.98. The summed E-state index contributed by atoms with van der Waals surface area (Å²) in [6, 6.07) is 6.83. The van der Waals surface area contributed by atoms with Crippen LogP contribution in [0.5, 0.6) is 11.5 Å². The van der Waals surface area contributed by atoms with Gasteiger partial charge >= 0.3 is 0 Å². The maximum atomic E-state index is 12.2. The van der Waals surface area contributed by atoms with E-state index in [1.165, 1.54) is 7.11 Å². The molecular weight excluding hydrogens is 322 g/mol. The van der Waals surface area contributed by atoms with Crippen LogP contribution in [0.25, 0.3) is 0 Å². The van der Waals surface area contributed by atoms with Crippen LogP contribution in [0.2, 0.25) is 0 Å². The van der Waals surface area contributed by atoms with Crippen LogP contribution in [0.3, 0.4) is 0 Å². The van der Waals surface area contributed by atoms with Crippen molar-refractivity contribution in [3.05, 3.63) is 53.3 Å². The SMILES string of the molecule is COc1cc(C)cc(C(=O)NCCC(=O)NCc2ccncc2)c1O. The highest BCUT2D eigenvalue weighted by atomic mass is 16.5. The maximum absolute atomic E-state index is 12.2. The van der Waals surface area contributed by atoms with Gasteiger partial charge < -0.3 is 20.5 Å². The summed E-state index contributed by atoms with van der Waals surface area (Å²) in [5.41, 5.74) is 1.85. The fourth-order valence-electron chi connectivity index (χ4n) is 2.25. The van der Waals surface area contributed by atoms with E-state index in [2.05, 4.69) is 15.6 Å². The Morgan fingerprint density at radius 2 is 1.92 bits per heavy atom. The Bertz CT molecular complexity index is 747. The molecule has 0 spiro atoms. The maximum Gasteiger partial charge on any atom is 0.255 e. The van der Waals surface area contributed by atoms with Gasteiger partial charge in [0, 0.05) is 31.9 Å². The second kappa shape index (κ2) is 8.68. The molecule has 132 valence electrons. The number of nitrogens with zero attached hydrogens (tertiary/aromatic N) is 1. The average molecular weight is 343 g/mol. The summed E-state index contributed by atoms with van der Waals surface area (Å²) in [7, 11) is 1.42. The summed E-state index contributed by atoms with van der Waals surface area (Å²) in [4.78, 5) is 27.9. The van der Waals surface area contributed by atoms with Gasteiger partial charge in [0.05, 0.1) is 12.7 Å². The van der Waals surface area contributed by atoms with Gasteiger partial charge in [-0.2, -0.15) is 0 Å². The van der Waals surface area contributed by atoms with E-state index in [4.69, 9.17) is 4.74 Å². The summed E-state index contributed by atoms with van der Waals surface area (Å²) in [6.45, 7) is 2.37. The third-order valence-corrected chi connectivity index (χ3v) is 3.56. The van der Waals surface area contributed by atoms with Crippen molar-refractivity contribution in [1.82, 2.24) is 15.6 Å². The topological polar surface area (TPSA) is 101 Å². The molecule has 1 heterocycles. The number of benzene rings is 1. The predicted octanol–water partition coefficient (Wildman–Crippen LogP) is 1.54. The number of aryl methyl sites for hydroxylation is 1. The fourth-order valence-corrected chi connectivity index (χ4v) is 2.25. The number of nitrogens with one attached hydrogen (secondary N) is 2. The van der Waals surface area contributed by atoms with Crippen LogP contribution in [0.4, 0.5) is 0 Å². The van der Waals surface area contributed by atoms with Crippen LogP contribution in [0.15, 0.2) is 36.7 Å². The molecule has 0 atom stereocenters. The second-order valence-electron chi connectivity index (χ2n) is 5.50. The van der Waals surface area contributed by atoms with E-state index < -0.39 is 5.91 Å². The molecule has 2 aromatic rings. The Labute approximate surface area is 146 Å². The molecular formula is C18H21N3O4. The first kappa shape index (κ1) is 18.3. The number of carbonyl (C=O) groups is 2. The zero-order valence-corrected chi connectivity index (χ0v) is 14.2. The first-order valence-corrected chi connectivity index (χ1v) is 7.82. The van der Waals surface area contributed by atoms with Crippen molar-refractivity contribution in [1.29, 1.82) is 0 Å². The second-order valence-corrected chi connectivity index (χ2v) is 5.50. The molecule has 0 unspecified atom stereocenters. The number of aromatic hydroxyl groups is 1. The first-order valence-electron chi connectivity index (χ1n) is 7.82. The van der Waals surface area contributed by atoms with Crippen molar-refractivity contribution in [2.45, 2.75) is 19.9 Å². The minimum atomic E-state index is -0.457. The van der Waals surface area contributed by atoms with Crippen LogP contribution >= 0.6 is 0 Å². The Kier molecular flexibility index (Phi) is 6.33. The number of carbonyl (C=O) groups excluding carboxylic acids is 2. The zero-order chi connectivity index (χ0) is 18.2. The lowest BCUT2D eigenvalue weighted by Gasteiger charge is -2.11. The van der Waals surface area contributed by atoms with Crippen LogP contribution in [0.1, 0.15) is 27.9 Å². The molecule has 7 nitrogen and oxygen atoms in total. The highest BCUT2D eigenvalue weighted by Crippen LogP contribution is 2.31. The van der Waals surface area contributed by atoms with E-state index in [1.807, 2.05) is 12.1 Å². The van der Waals surface area contributed by atoms with E-state index in [9.17, 15) is 14.7 Å². The van der Waals surface area contributed by atoms with Gasteiger partial charge in [0.25, 0.3) is 5.91 Å². The standard InChI is InChI=1S/C18H21N3O4/c1-12-9-14(17(23)15(10-12)25-2)18(24)20-8-5-16(22)21-11-13-3-6-19-7-4-13/h3-4,6-7,9-10,23H,5,8,11H2,1-2H3,(H,20,24)(H,21,22). The minimum absolute atomic E-state index is 0.119. The van der Waals surface area contributed by atoms with E-state index >= 15 is 0 Å². The molecule has 0 radical (unpaired) electrons. The highest BCUT2D eigenvalue weighted by Gasteiger charge is 2.16. The Morgan fingerprint density at radius 1 is 1.20 bits per heavy atom. The molecule has 0 aliphatic heterocycles. The monoisotopic (exact) mass is 343 g/mol. The van der Waals surface area contributed by atoms with E-state index in [-0.39, 0.29) is 35.9 Å². The molecule has 3 N–H and O–H groups in total. The Morgan fingerprint density at radius 3 is 2.60 bits per heavy atom. The van der Waals surface area contributed by atoms with Crippen molar-refractivity contribution in [3.8, 4) is 11.5 Å². The average Bonchev–Trinajstić information content (AvgIpc) is 2.62. The smallest absolute Gasteiger partial charge is 0.255 e. The van der Waals surface area contributed by atoms with Gasteiger partial charge in [-0.3, -0.25) is 14.6 Å². The van der Waals surface area contributed by atoms with Gasteiger partial charge in [0.2, 0.25) is 5.91 Å². The summed E-state index contributed by atoms with van der Waals surface area (Å²) in [5.74, 6) is -0.613. The number of aromatic nitrogens is 1. The summed E-state index contributed by atoms with van der Waals surface area (Å²) in [6.07, 6.45) is 3.45. The minimum Gasteiger partial charge on any atom is -0.504 e. The fraction of sp³-hybridized carbons (Fsp3) is 0.278. The lowest BCUT2D eigenvalue weighted by molar-refractivity contribution is -0.121. The summed E-state index contributed by atoms with van der Waals surface area (Å²) >= 11 is 0. The molecule has 2 amide bonds. The number of hydrogen-bond donors (Lipinski definition) is 3. The molecule has 0 aliphatic carbocycles. The third kappa shape index (κ3) is 5.20. The van der Waals surface area contributed by atoms with Gasteiger partial charge in [0.15, 0.2) is 11.5 Å². The lowest BCUT2D eigenvalue weighted by atomic mass is 10.1. The zero-order valence-electron chi connectivity index (χ0n) is 14.2. The van der Waals surface area contributed by atoms with Gasteiger partial charge in [0.1, 0.15) is 0 Å². The van der Waals surface area contributed by atoms with Crippen LogP contribution in [0, 0.1) is 6.92 Å². The number of phenols is 1. The quantitative estimate of drug-likeness (QED) is 0.708. The van der Waals surface area contributed by atoms with Gasteiger partial charge in [-0.05, 0) is 42.3 Å². The first-order chi connectivity index (χ1) is 12.0. The molecule has 0 aliphatic rings. The molecule has 1 aromatic heterocycles. The van der Waals surface area contributed by atoms with Crippen molar-refractivity contribution in [2.75, 3.05) is 13.7 Å². The number of ether oxygens (including phenoxy) is 1. The van der Waals surface area contributed by atoms with E-state index in [1.54, 1.807) is 31.5 Å². The number of phenolic OH excluding ortho intramolecular Hbond substituents is 1. The van der Waals surface area contributed by atoms with Crippen molar-refractivity contribution in [3.63, 3.8) is 0 Å². The molecule has 1 aromatic carbocycles. The van der Waals surface area contributed by atoms with Crippen LogP contribution < -0.4 is 15.4 Å². The van der Waals surface area contributed by atoms with Crippen molar-refractivity contribution >= 4 is 11.8 Å². The summed E-state index contributed by atoms with van der Waals surface area (Å²) in [5, 5.41) is 15.4. The Hall–Kier alpha value is -3.09. The molecule has 0 fully saturated rings. The van der Waals surface area contributed by atoms with Crippen LogP contribution in [-0.4, -0.2) is 35.6 Å². The predicted molar refractivity (Wildman–Crippen MR) is 92.4 cm³/mol. The van der Waals surface area contributed by atoms with Crippen LogP contribution in [-0.2, 0) is 11.3 Å². The van der Waals surface area contributed by atoms with Gasteiger partial charge in [-0.1, -0.05) is 0 Å². The number of amides is 2.